The quantitative estimate of drug-likeness (QED) is 0.624. The number of pyridine rings is 1. The Morgan fingerprint density at radius 2 is 2.12 bits per heavy atom. The van der Waals surface area contributed by atoms with Crippen LogP contribution in [-0.4, -0.2) is 10.8 Å². The smallest absolute Gasteiger partial charge is 0.0973 e. The average molecular weight is 217 g/mol. The van der Waals surface area contributed by atoms with Gasteiger partial charge >= 0.3 is 0 Å². The van der Waals surface area contributed by atoms with Gasteiger partial charge in [0.05, 0.1) is 18.1 Å². The van der Waals surface area contributed by atoms with Crippen LogP contribution < -0.4 is 5.73 Å². The van der Waals surface area contributed by atoms with Crippen LogP contribution in [0.25, 0.3) is 0 Å². The fourth-order valence-corrected chi connectivity index (χ4v) is 2.19. The predicted molar refractivity (Wildman–Crippen MR) is 66.1 cm³/mol. The van der Waals surface area contributed by atoms with E-state index in [0.717, 1.165) is 11.5 Å². The Labute approximate surface area is 96.8 Å². The lowest BCUT2D eigenvalue weighted by molar-refractivity contribution is 0.436. The number of nitrogens with zero attached hydrogens (tertiary/aromatic N) is 2. The van der Waals surface area contributed by atoms with E-state index in [-0.39, 0.29) is 0 Å². The molecule has 3 heteroatoms. The number of hydrogen-bond donors (Lipinski definition) is 1. The van der Waals surface area contributed by atoms with Crippen LogP contribution in [0.4, 0.5) is 0 Å². The van der Waals surface area contributed by atoms with E-state index in [2.05, 4.69) is 9.98 Å². The molecule has 0 unspecified atom stereocenters. The van der Waals surface area contributed by atoms with Gasteiger partial charge in [-0.15, -0.1) is 0 Å². The number of nitrogens with two attached hydrogens (primary N) is 1. The molecule has 86 valence electrons. The van der Waals surface area contributed by atoms with Gasteiger partial charge in [-0.05, 0) is 25.0 Å². The van der Waals surface area contributed by atoms with Crippen molar-refractivity contribution in [3.63, 3.8) is 0 Å². The lowest BCUT2D eigenvalue weighted by Crippen LogP contribution is -2.25. The molecule has 0 bridgehead atoms. The van der Waals surface area contributed by atoms with Crippen LogP contribution in [0.5, 0.6) is 0 Å². The first-order valence-corrected chi connectivity index (χ1v) is 6.06. The van der Waals surface area contributed by atoms with Crippen molar-refractivity contribution in [1.82, 2.24) is 4.98 Å². The molecule has 2 rings (SSSR count). The van der Waals surface area contributed by atoms with Crippen LogP contribution in [0.15, 0.2) is 29.4 Å². The summed E-state index contributed by atoms with van der Waals surface area (Å²) in [6.45, 7) is 0.614. The van der Waals surface area contributed by atoms with E-state index in [0.29, 0.717) is 12.5 Å². The first kappa shape index (κ1) is 11.1. The van der Waals surface area contributed by atoms with E-state index in [1.54, 1.807) is 6.20 Å². The molecule has 1 saturated carbocycles. The fourth-order valence-electron chi connectivity index (χ4n) is 2.19. The van der Waals surface area contributed by atoms with Crippen LogP contribution in [0.2, 0.25) is 0 Å². The Morgan fingerprint density at radius 1 is 1.31 bits per heavy atom. The Hall–Kier alpha value is -1.38. The largest absolute Gasteiger partial charge is 0.387 e. The van der Waals surface area contributed by atoms with Crippen LogP contribution in [0, 0.1) is 5.92 Å². The number of aromatic nitrogens is 1. The fraction of sp³-hybridized carbons (Fsp3) is 0.538. The van der Waals surface area contributed by atoms with Crippen molar-refractivity contribution in [3.05, 3.63) is 30.1 Å². The van der Waals surface area contributed by atoms with Gasteiger partial charge in [0.25, 0.3) is 0 Å². The zero-order valence-electron chi connectivity index (χ0n) is 9.60. The van der Waals surface area contributed by atoms with E-state index in [9.17, 15) is 0 Å². The maximum absolute atomic E-state index is 6.02. The van der Waals surface area contributed by atoms with Crippen molar-refractivity contribution >= 4 is 5.84 Å². The molecule has 2 N–H and O–H groups in total. The minimum atomic E-state index is 0.512. The van der Waals surface area contributed by atoms with E-state index in [4.69, 9.17) is 5.73 Å². The molecule has 1 aliphatic carbocycles. The third-order valence-electron chi connectivity index (χ3n) is 3.17. The Morgan fingerprint density at radius 3 is 2.81 bits per heavy atom. The lowest BCUT2D eigenvalue weighted by Gasteiger charge is -2.20. The normalized spacial score (nSPS) is 18.6. The predicted octanol–water partition coefficient (Wildman–Crippen LogP) is 2.52. The highest BCUT2D eigenvalue weighted by atomic mass is 14.9. The first-order valence-electron chi connectivity index (χ1n) is 6.06. The summed E-state index contributed by atoms with van der Waals surface area (Å²) in [5, 5.41) is 0. The molecule has 1 heterocycles. The third kappa shape index (κ3) is 3.05. The van der Waals surface area contributed by atoms with Gasteiger partial charge in [-0.2, -0.15) is 0 Å². The number of rotatable bonds is 3. The summed E-state index contributed by atoms with van der Waals surface area (Å²) in [7, 11) is 0. The van der Waals surface area contributed by atoms with Gasteiger partial charge in [0.15, 0.2) is 0 Å². The van der Waals surface area contributed by atoms with Crippen LogP contribution in [0.3, 0.4) is 0 Å². The summed E-state index contributed by atoms with van der Waals surface area (Å²) >= 11 is 0. The molecule has 0 spiro atoms. The second kappa shape index (κ2) is 5.64. The minimum absolute atomic E-state index is 0.512. The van der Waals surface area contributed by atoms with Crippen LogP contribution in [0.1, 0.15) is 37.8 Å². The topological polar surface area (TPSA) is 51.3 Å². The Bertz CT molecular complexity index is 339. The molecule has 3 nitrogen and oxygen atoms in total. The number of aliphatic imine (C=N–C) groups is 1. The van der Waals surface area contributed by atoms with E-state index in [1.807, 2.05) is 18.2 Å². The van der Waals surface area contributed by atoms with Crippen molar-refractivity contribution < 1.29 is 0 Å². The molecule has 0 aliphatic heterocycles. The lowest BCUT2D eigenvalue weighted by atomic mass is 9.88. The van der Waals surface area contributed by atoms with Crippen molar-refractivity contribution in [2.24, 2.45) is 16.6 Å². The van der Waals surface area contributed by atoms with E-state index in [1.165, 1.54) is 32.1 Å². The van der Waals surface area contributed by atoms with Crippen molar-refractivity contribution in [2.45, 2.75) is 38.6 Å². The summed E-state index contributed by atoms with van der Waals surface area (Å²) in [5.74, 6) is 1.34. The molecule has 1 aromatic heterocycles. The van der Waals surface area contributed by atoms with E-state index < -0.39 is 0 Å². The van der Waals surface area contributed by atoms with Gasteiger partial charge < -0.3 is 5.73 Å². The SMILES string of the molecule is NC(=NCc1ccccn1)C1CCCCC1. The van der Waals surface area contributed by atoms with Crippen molar-refractivity contribution in [1.29, 1.82) is 0 Å². The second-order valence-corrected chi connectivity index (χ2v) is 4.40. The molecule has 1 fully saturated rings. The van der Waals surface area contributed by atoms with Gasteiger partial charge in [-0.25, -0.2) is 0 Å². The number of hydrogen-bond acceptors (Lipinski definition) is 2. The molecule has 1 aromatic rings. The maximum Gasteiger partial charge on any atom is 0.0973 e. The zero-order chi connectivity index (χ0) is 11.2. The highest BCUT2D eigenvalue weighted by molar-refractivity contribution is 5.82. The third-order valence-corrected chi connectivity index (χ3v) is 3.17. The van der Waals surface area contributed by atoms with Gasteiger partial charge in [0, 0.05) is 12.1 Å². The van der Waals surface area contributed by atoms with Gasteiger partial charge in [0.1, 0.15) is 0 Å². The second-order valence-electron chi connectivity index (χ2n) is 4.40. The molecule has 0 atom stereocenters. The molecular formula is C13H19N3. The highest BCUT2D eigenvalue weighted by Crippen LogP contribution is 2.23. The summed E-state index contributed by atoms with van der Waals surface area (Å²) in [6.07, 6.45) is 8.15. The van der Waals surface area contributed by atoms with Crippen LogP contribution in [-0.2, 0) is 6.54 Å². The number of amidine groups is 1. The first-order chi connectivity index (χ1) is 7.86. The Kier molecular flexibility index (Phi) is 3.91. The summed E-state index contributed by atoms with van der Waals surface area (Å²) in [4.78, 5) is 8.68. The van der Waals surface area contributed by atoms with Crippen molar-refractivity contribution in [2.75, 3.05) is 0 Å². The summed E-state index contributed by atoms with van der Waals surface area (Å²) in [5.41, 5.74) is 7.01. The Balaban J connectivity index is 1.91. The molecule has 0 saturated heterocycles. The maximum atomic E-state index is 6.02. The van der Waals surface area contributed by atoms with Gasteiger partial charge in [-0.1, -0.05) is 25.3 Å². The molecular weight excluding hydrogens is 198 g/mol. The summed E-state index contributed by atoms with van der Waals surface area (Å²) < 4.78 is 0. The minimum Gasteiger partial charge on any atom is -0.387 e. The molecule has 0 radical (unpaired) electrons. The molecule has 1 aliphatic rings. The standard InChI is InChI=1S/C13H19N3/c14-13(11-6-2-1-3-7-11)16-10-12-8-4-5-9-15-12/h4-5,8-9,11H,1-3,6-7,10H2,(H2,14,16). The molecule has 0 amide bonds. The average Bonchev–Trinajstić information content (AvgIpc) is 2.38. The van der Waals surface area contributed by atoms with E-state index >= 15 is 0 Å². The molecule has 16 heavy (non-hydrogen) atoms. The van der Waals surface area contributed by atoms with Gasteiger partial charge in [-0.3, -0.25) is 9.98 Å². The zero-order valence-corrected chi connectivity index (χ0v) is 9.60. The van der Waals surface area contributed by atoms with Crippen LogP contribution >= 0.6 is 0 Å². The molecule has 0 aromatic carbocycles. The van der Waals surface area contributed by atoms with Crippen molar-refractivity contribution in [3.8, 4) is 0 Å². The monoisotopic (exact) mass is 217 g/mol. The summed E-state index contributed by atoms with van der Waals surface area (Å²) in [6, 6.07) is 5.88. The highest BCUT2D eigenvalue weighted by Gasteiger charge is 2.16. The van der Waals surface area contributed by atoms with Gasteiger partial charge in [0.2, 0.25) is 0 Å².